The summed E-state index contributed by atoms with van der Waals surface area (Å²) in [5, 5.41) is 0. The number of hydrogen-bond donors (Lipinski definition) is 0. The normalized spacial score (nSPS) is 12.1. The molecule has 0 aliphatic rings. The van der Waals surface area contributed by atoms with E-state index in [1.54, 1.807) is 0 Å². The van der Waals surface area contributed by atoms with E-state index < -0.39 is 0 Å². The molecule has 2 rings (SSSR count). The van der Waals surface area contributed by atoms with Gasteiger partial charge in [-0.15, -0.1) is 11.6 Å². The Morgan fingerprint density at radius 3 is 2.65 bits per heavy atom. The van der Waals surface area contributed by atoms with Crippen molar-refractivity contribution in [1.29, 1.82) is 0 Å². The highest BCUT2D eigenvalue weighted by atomic mass is 35.5. The highest BCUT2D eigenvalue weighted by Gasteiger charge is 2.25. The maximum absolute atomic E-state index is 5.95. The van der Waals surface area contributed by atoms with Crippen molar-refractivity contribution >= 4 is 22.6 Å². The van der Waals surface area contributed by atoms with Gasteiger partial charge in [0.1, 0.15) is 17.1 Å². The lowest BCUT2D eigenvalue weighted by Crippen LogP contribution is -2.27. The van der Waals surface area contributed by atoms with Gasteiger partial charge in [0, 0.05) is 17.8 Å². The number of fused-ring (bicyclic) bond motifs is 1. The predicted molar refractivity (Wildman–Crippen MR) is 84.9 cm³/mol. The summed E-state index contributed by atoms with van der Waals surface area (Å²) in [5.74, 6) is 2.47. The molecule has 1 aromatic carbocycles. The number of aromatic nitrogens is 2. The molecular weight excluding hydrogens is 272 g/mol. The molecule has 0 radical (unpaired) electrons. The maximum Gasteiger partial charge on any atom is 0.147 e. The van der Waals surface area contributed by atoms with Crippen molar-refractivity contribution in [2.45, 2.75) is 46.1 Å². The first-order valence-corrected chi connectivity index (χ1v) is 7.78. The van der Waals surface area contributed by atoms with Crippen LogP contribution >= 0.6 is 11.6 Å². The van der Waals surface area contributed by atoms with Gasteiger partial charge < -0.3 is 9.30 Å². The van der Waals surface area contributed by atoms with Gasteiger partial charge in [0.15, 0.2) is 0 Å². The number of hydrogen-bond acceptors (Lipinski definition) is 2. The Labute approximate surface area is 125 Å². The second kappa shape index (κ2) is 6.04. The third kappa shape index (κ3) is 2.64. The zero-order chi connectivity index (χ0) is 14.8. The van der Waals surface area contributed by atoms with Crippen molar-refractivity contribution in [3.8, 4) is 5.75 Å². The van der Waals surface area contributed by atoms with Crippen LogP contribution in [0, 0.1) is 0 Å². The fourth-order valence-electron chi connectivity index (χ4n) is 2.48. The van der Waals surface area contributed by atoms with Crippen molar-refractivity contribution < 1.29 is 4.74 Å². The molecule has 2 aromatic rings. The molecule has 4 heteroatoms. The topological polar surface area (TPSA) is 27.1 Å². The Morgan fingerprint density at radius 1 is 1.30 bits per heavy atom. The van der Waals surface area contributed by atoms with Gasteiger partial charge >= 0.3 is 0 Å². The van der Waals surface area contributed by atoms with E-state index >= 15 is 0 Å². The van der Waals surface area contributed by atoms with Crippen LogP contribution in [0.4, 0.5) is 0 Å². The minimum absolute atomic E-state index is 0.0149. The van der Waals surface area contributed by atoms with Crippen LogP contribution in [0.15, 0.2) is 18.2 Å². The van der Waals surface area contributed by atoms with E-state index in [-0.39, 0.29) is 5.54 Å². The largest absolute Gasteiger partial charge is 0.492 e. The number of imidazole rings is 1. The van der Waals surface area contributed by atoms with Crippen molar-refractivity contribution in [1.82, 2.24) is 9.55 Å². The molecule has 0 saturated heterocycles. The molecule has 0 bridgehead atoms. The van der Waals surface area contributed by atoms with Crippen molar-refractivity contribution in [2.24, 2.45) is 0 Å². The Bertz CT molecular complexity index is 589. The quantitative estimate of drug-likeness (QED) is 0.740. The summed E-state index contributed by atoms with van der Waals surface area (Å²) in [5.41, 5.74) is 2.08. The Hall–Kier alpha value is -1.22. The molecule has 0 unspecified atom stereocenters. The number of alkyl halides is 1. The van der Waals surface area contributed by atoms with Gasteiger partial charge in [-0.25, -0.2) is 4.98 Å². The lowest BCUT2D eigenvalue weighted by Gasteiger charge is -2.28. The van der Waals surface area contributed by atoms with Gasteiger partial charge in [0.2, 0.25) is 0 Å². The second-order valence-electron chi connectivity index (χ2n) is 5.53. The molecule has 0 aliphatic heterocycles. The average molecular weight is 295 g/mol. The first-order chi connectivity index (χ1) is 9.55. The molecule has 0 atom stereocenters. The number of nitrogens with zero attached hydrogens (tertiary/aromatic N) is 2. The Balaban J connectivity index is 2.70. The number of ether oxygens (including phenoxy) is 1. The maximum atomic E-state index is 5.95. The van der Waals surface area contributed by atoms with Crippen LogP contribution < -0.4 is 4.74 Å². The van der Waals surface area contributed by atoms with E-state index in [1.807, 2.05) is 19.1 Å². The van der Waals surface area contributed by atoms with Crippen LogP contribution in [0.5, 0.6) is 5.75 Å². The van der Waals surface area contributed by atoms with Crippen molar-refractivity contribution in [3.05, 3.63) is 24.0 Å². The lowest BCUT2D eigenvalue weighted by atomic mass is 10.0. The van der Waals surface area contributed by atoms with Crippen molar-refractivity contribution in [3.63, 3.8) is 0 Å². The minimum atomic E-state index is 0.0149. The molecule has 0 N–H and O–H groups in total. The number of benzene rings is 1. The number of rotatable bonds is 6. The summed E-state index contributed by atoms with van der Waals surface area (Å²) in [7, 11) is 0. The van der Waals surface area contributed by atoms with Crippen LogP contribution in [-0.2, 0) is 12.0 Å². The lowest BCUT2D eigenvalue weighted by molar-refractivity contribution is 0.341. The van der Waals surface area contributed by atoms with Crippen LogP contribution in [0.1, 0.15) is 39.9 Å². The molecule has 0 fully saturated rings. The molecular formula is C16H23ClN2O. The summed E-state index contributed by atoms with van der Waals surface area (Å²) < 4.78 is 8.02. The van der Waals surface area contributed by atoms with Crippen LogP contribution in [0.2, 0.25) is 0 Å². The summed E-state index contributed by atoms with van der Waals surface area (Å²) >= 11 is 5.95. The third-order valence-electron chi connectivity index (χ3n) is 3.81. The zero-order valence-corrected chi connectivity index (χ0v) is 13.5. The molecule has 20 heavy (non-hydrogen) atoms. The van der Waals surface area contributed by atoms with E-state index in [1.165, 1.54) is 0 Å². The highest BCUT2D eigenvalue weighted by molar-refractivity contribution is 6.17. The third-order valence-corrected chi connectivity index (χ3v) is 4.00. The van der Waals surface area contributed by atoms with Gasteiger partial charge in [-0.1, -0.05) is 13.0 Å². The number of aryl methyl sites for hydroxylation is 1. The van der Waals surface area contributed by atoms with E-state index in [2.05, 4.69) is 31.4 Å². The number of para-hydroxylation sites is 1. The predicted octanol–water partition coefficient (Wildman–Crippen LogP) is 4.36. The van der Waals surface area contributed by atoms with Gasteiger partial charge in [0.25, 0.3) is 0 Å². The zero-order valence-electron chi connectivity index (χ0n) is 12.7. The Morgan fingerprint density at radius 2 is 2.05 bits per heavy atom. The van der Waals surface area contributed by atoms with Crippen LogP contribution in [-0.4, -0.2) is 22.0 Å². The van der Waals surface area contributed by atoms with Gasteiger partial charge in [-0.05, 0) is 39.3 Å². The van der Waals surface area contributed by atoms with Crippen LogP contribution in [0.25, 0.3) is 11.0 Å². The highest BCUT2D eigenvalue weighted by Crippen LogP contribution is 2.32. The Kier molecular flexibility index (Phi) is 4.59. The molecule has 1 aromatic heterocycles. The molecule has 110 valence electrons. The SMILES string of the molecule is CCOc1cccc2c1nc(CCCl)n2C(C)(C)CC. The summed E-state index contributed by atoms with van der Waals surface area (Å²) in [6, 6.07) is 6.12. The summed E-state index contributed by atoms with van der Waals surface area (Å²) in [6.07, 6.45) is 1.80. The summed E-state index contributed by atoms with van der Waals surface area (Å²) in [6.45, 7) is 9.31. The van der Waals surface area contributed by atoms with Gasteiger partial charge in [0.05, 0.1) is 12.1 Å². The monoisotopic (exact) mass is 294 g/mol. The second-order valence-corrected chi connectivity index (χ2v) is 5.90. The van der Waals surface area contributed by atoms with Gasteiger partial charge in [-0.3, -0.25) is 0 Å². The smallest absolute Gasteiger partial charge is 0.147 e. The van der Waals surface area contributed by atoms with Crippen molar-refractivity contribution in [2.75, 3.05) is 12.5 Å². The molecule has 1 heterocycles. The van der Waals surface area contributed by atoms with E-state index in [9.17, 15) is 0 Å². The van der Waals surface area contributed by atoms with E-state index in [0.717, 1.165) is 35.4 Å². The first kappa shape index (κ1) is 15.2. The van der Waals surface area contributed by atoms with E-state index in [0.29, 0.717) is 12.5 Å². The minimum Gasteiger partial charge on any atom is -0.492 e. The van der Waals surface area contributed by atoms with Gasteiger partial charge in [-0.2, -0.15) is 0 Å². The average Bonchev–Trinajstić information content (AvgIpc) is 2.79. The molecule has 3 nitrogen and oxygen atoms in total. The molecule has 0 spiro atoms. The molecule has 0 aliphatic carbocycles. The first-order valence-electron chi connectivity index (χ1n) is 7.24. The molecule has 0 saturated carbocycles. The molecule has 0 amide bonds. The standard InChI is InChI=1S/C16H23ClN2O/c1-5-16(3,4)19-12-8-7-9-13(20-6-2)15(12)18-14(19)10-11-17/h7-9H,5-6,10-11H2,1-4H3. The number of halogens is 1. The van der Waals surface area contributed by atoms with Crippen LogP contribution in [0.3, 0.4) is 0 Å². The fourth-order valence-corrected chi connectivity index (χ4v) is 2.65. The summed E-state index contributed by atoms with van der Waals surface area (Å²) in [4.78, 5) is 4.79. The fraction of sp³-hybridized carbons (Fsp3) is 0.562. The van der Waals surface area contributed by atoms with E-state index in [4.69, 9.17) is 21.3 Å².